The van der Waals surface area contributed by atoms with E-state index in [-0.39, 0.29) is 12.0 Å². The van der Waals surface area contributed by atoms with Crippen LogP contribution >= 0.6 is 0 Å². The average molecular weight is 334 g/mol. The zero-order valence-corrected chi connectivity index (χ0v) is 14.9. The van der Waals surface area contributed by atoms with Gasteiger partial charge in [0.2, 0.25) is 0 Å². The zero-order valence-electron chi connectivity index (χ0n) is 14.9. The smallest absolute Gasteiger partial charge is 0.410 e. The summed E-state index contributed by atoms with van der Waals surface area (Å²) < 4.78 is 10.5. The summed E-state index contributed by atoms with van der Waals surface area (Å²) in [6.45, 7) is 7.76. The fourth-order valence-corrected chi connectivity index (χ4v) is 2.55. The molecule has 132 valence electrons. The van der Waals surface area contributed by atoms with Gasteiger partial charge in [-0.1, -0.05) is 0 Å². The van der Waals surface area contributed by atoms with Crippen molar-refractivity contribution in [1.82, 2.24) is 9.80 Å². The van der Waals surface area contributed by atoms with Gasteiger partial charge in [-0.2, -0.15) is 0 Å². The van der Waals surface area contributed by atoms with Crippen LogP contribution in [0.1, 0.15) is 37.6 Å². The Morgan fingerprint density at radius 3 is 2.12 bits per heavy atom. The van der Waals surface area contributed by atoms with Crippen molar-refractivity contribution in [1.29, 1.82) is 0 Å². The van der Waals surface area contributed by atoms with Crippen molar-refractivity contribution in [2.75, 3.05) is 33.3 Å². The molecule has 1 aliphatic heterocycles. The van der Waals surface area contributed by atoms with E-state index in [1.807, 2.05) is 20.8 Å². The topological polar surface area (TPSA) is 59.1 Å². The molecule has 0 saturated carbocycles. The van der Waals surface area contributed by atoms with Crippen LogP contribution in [0.2, 0.25) is 0 Å². The number of carbonyl (C=O) groups excluding carboxylic acids is 2. The Morgan fingerprint density at radius 1 is 0.958 bits per heavy atom. The van der Waals surface area contributed by atoms with Gasteiger partial charge < -0.3 is 19.3 Å². The summed E-state index contributed by atoms with van der Waals surface area (Å²) >= 11 is 0. The summed E-state index contributed by atoms with van der Waals surface area (Å²) in [6, 6.07) is 7.07. The third kappa shape index (κ3) is 4.88. The van der Waals surface area contributed by atoms with E-state index in [1.165, 1.54) is 0 Å². The number of hydrogen-bond donors (Lipinski definition) is 0. The summed E-state index contributed by atoms with van der Waals surface area (Å²) in [7, 11) is 1.59. The normalized spacial score (nSPS) is 15.7. The third-order valence-electron chi connectivity index (χ3n) is 3.77. The Hall–Kier alpha value is -2.24. The average Bonchev–Trinajstić information content (AvgIpc) is 2.79. The molecule has 0 spiro atoms. The van der Waals surface area contributed by atoms with E-state index < -0.39 is 5.60 Å². The highest BCUT2D eigenvalue weighted by molar-refractivity contribution is 5.94. The second kappa shape index (κ2) is 7.55. The maximum Gasteiger partial charge on any atom is 0.410 e. The van der Waals surface area contributed by atoms with Gasteiger partial charge in [-0.15, -0.1) is 0 Å². The molecule has 2 rings (SSSR count). The van der Waals surface area contributed by atoms with Crippen LogP contribution in [0.3, 0.4) is 0 Å². The third-order valence-corrected chi connectivity index (χ3v) is 3.77. The predicted molar refractivity (Wildman–Crippen MR) is 91.3 cm³/mol. The van der Waals surface area contributed by atoms with Gasteiger partial charge in [0.05, 0.1) is 7.11 Å². The SMILES string of the molecule is COc1ccc(C(=O)N2CCCN(C(=O)OC(C)(C)C)CC2)cc1. The number of carbonyl (C=O) groups is 2. The first-order valence-electron chi connectivity index (χ1n) is 8.21. The minimum absolute atomic E-state index is 0.0244. The molecule has 0 bridgehead atoms. The molecule has 1 aliphatic rings. The van der Waals surface area contributed by atoms with Gasteiger partial charge in [0.1, 0.15) is 11.4 Å². The molecule has 0 aromatic heterocycles. The maximum absolute atomic E-state index is 12.6. The molecule has 2 amide bonds. The Morgan fingerprint density at radius 2 is 1.54 bits per heavy atom. The van der Waals surface area contributed by atoms with Crippen molar-refractivity contribution in [2.45, 2.75) is 32.8 Å². The van der Waals surface area contributed by atoms with E-state index >= 15 is 0 Å². The molecule has 0 atom stereocenters. The number of ether oxygens (including phenoxy) is 2. The van der Waals surface area contributed by atoms with Gasteiger partial charge >= 0.3 is 6.09 Å². The molecule has 0 unspecified atom stereocenters. The standard InChI is InChI=1S/C18H26N2O4/c1-18(2,3)24-17(22)20-11-5-10-19(12-13-20)16(21)14-6-8-15(23-4)9-7-14/h6-9H,5,10-13H2,1-4H3. The zero-order chi connectivity index (χ0) is 17.7. The first kappa shape index (κ1) is 18.1. The number of nitrogens with zero attached hydrogens (tertiary/aromatic N) is 2. The maximum atomic E-state index is 12.6. The van der Waals surface area contributed by atoms with E-state index in [0.29, 0.717) is 31.7 Å². The number of methoxy groups -OCH3 is 1. The molecule has 1 saturated heterocycles. The summed E-state index contributed by atoms with van der Waals surface area (Å²) in [4.78, 5) is 28.2. The van der Waals surface area contributed by atoms with Crippen LogP contribution in [0, 0.1) is 0 Å². The van der Waals surface area contributed by atoms with Crippen molar-refractivity contribution < 1.29 is 19.1 Å². The van der Waals surface area contributed by atoms with Crippen LogP contribution in [0.4, 0.5) is 4.79 Å². The molecule has 0 aliphatic carbocycles. The summed E-state index contributed by atoms with van der Waals surface area (Å²) in [5.41, 5.74) is 0.114. The van der Waals surface area contributed by atoms with Crippen LogP contribution in [0.25, 0.3) is 0 Å². The van der Waals surface area contributed by atoms with E-state index in [1.54, 1.807) is 41.2 Å². The Balaban J connectivity index is 1.96. The van der Waals surface area contributed by atoms with Crippen molar-refractivity contribution in [2.24, 2.45) is 0 Å². The second-order valence-electron chi connectivity index (χ2n) is 6.84. The molecule has 1 aromatic rings. The molecular formula is C18H26N2O4. The Labute approximate surface area is 143 Å². The Kier molecular flexibility index (Phi) is 5.70. The molecule has 1 heterocycles. The number of benzene rings is 1. The van der Waals surface area contributed by atoms with E-state index in [4.69, 9.17) is 9.47 Å². The first-order chi connectivity index (χ1) is 11.3. The predicted octanol–water partition coefficient (Wildman–Crippen LogP) is 2.78. The van der Waals surface area contributed by atoms with Gasteiger partial charge in [0.25, 0.3) is 5.91 Å². The van der Waals surface area contributed by atoms with Gasteiger partial charge in [-0.3, -0.25) is 4.79 Å². The molecule has 6 heteroatoms. The molecular weight excluding hydrogens is 308 g/mol. The van der Waals surface area contributed by atoms with E-state index in [9.17, 15) is 9.59 Å². The lowest BCUT2D eigenvalue weighted by Gasteiger charge is -2.26. The van der Waals surface area contributed by atoms with Crippen molar-refractivity contribution in [3.63, 3.8) is 0 Å². The molecule has 0 N–H and O–H groups in total. The van der Waals surface area contributed by atoms with Crippen LogP contribution in [-0.2, 0) is 4.74 Å². The quantitative estimate of drug-likeness (QED) is 0.834. The lowest BCUT2D eigenvalue weighted by Crippen LogP contribution is -2.40. The van der Waals surface area contributed by atoms with E-state index in [2.05, 4.69) is 0 Å². The first-order valence-corrected chi connectivity index (χ1v) is 8.21. The second-order valence-corrected chi connectivity index (χ2v) is 6.84. The highest BCUT2D eigenvalue weighted by atomic mass is 16.6. The molecule has 6 nitrogen and oxygen atoms in total. The lowest BCUT2D eigenvalue weighted by molar-refractivity contribution is 0.0255. The number of amides is 2. The molecule has 24 heavy (non-hydrogen) atoms. The Bertz CT molecular complexity index is 578. The fraction of sp³-hybridized carbons (Fsp3) is 0.556. The fourth-order valence-electron chi connectivity index (χ4n) is 2.55. The van der Waals surface area contributed by atoms with Gasteiger partial charge in [0, 0.05) is 31.7 Å². The van der Waals surface area contributed by atoms with E-state index in [0.717, 1.165) is 12.2 Å². The van der Waals surface area contributed by atoms with Gasteiger partial charge in [-0.05, 0) is 51.5 Å². The van der Waals surface area contributed by atoms with Crippen molar-refractivity contribution in [3.05, 3.63) is 29.8 Å². The molecule has 0 radical (unpaired) electrons. The van der Waals surface area contributed by atoms with Crippen LogP contribution < -0.4 is 4.74 Å². The highest BCUT2D eigenvalue weighted by Crippen LogP contribution is 2.16. The monoisotopic (exact) mass is 334 g/mol. The van der Waals surface area contributed by atoms with Crippen molar-refractivity contribution in [3.8, 4) is 5.75 Å². The lowest BCUT2D eigenvalue weighted by atomic mass is 10.2. The molecule has 1 aromatic carbocycles. The minimum atomic E-state index is -0.512. The minimum Gasteiger partial charge on any atom is -0.497 e. The van der Waals surface area contributed by atoms with Crippen LogP contribution in [0.5, 0.6) is 5.75 Å². The van der Waals surface area contributed by atoms with Crippen molar-refractivity contribution >= 4 is 12.0 Å². The van der Waals surface area contributed by atoms with Gasteiger partial charge in [0.15, 0.2) is 0 Å². The summed E-state index contributed by atoms with van der Waals surface area (Å²) in [6.07, 6.45) is 0.419. The van der Waals surface area contributed by atoms with Crippen LogP contribution in [-0.4, -0.2) is 60.7 Å². The largest absolute Gasteiger partial charge is 0.497 e. The number of rotatable bonds is 2. The highest BCUT2D eigenvalue weighted by Gasteiger charge is 2.26. The van der Waals surface area contributed by atoms with Crippen LogP contribution in [0.15, 0.2) is 24.3 Å². The summed E-state index contributed by atoms with van der Waals surface area (Å²) in [5.74, 6) is 0.696. The van der Waals surface area contributed by atoms with Gasteiger partial charge in [-0.25, -0.2) is 4.79 Å². The number of hydrogen-bond acceptors (Lipinski definition) is 4. The summed E-state index contributed by atoms with van der Waals surface area (Å²) in [5, 5.41) is 0. The molecule has 1 fully saturated rings.